The standard InChI is InChI=1S/C17H23F3N2O/c1-11(10-13-6-4-3-5-7-13)21-16(23)14-8-9-15(17(18,19)20)22-12(14)2/h8-9,11,13H,3-7,10H2,1-2H3,(H,21,23)/t11-/m1/s1. The molecule has 1 aliphatic rings. The first kappa shape index (κ1) is 17.8. The van der Waals surface area contributed by atoms with Gasteiger partial charge in [-0.05, 0) is 38.3 Å². The lowest BCUT2D eigenvalue weighted by Gasteiger charge is -2.25. The number of amides is 1. The van der Waals surface area contributed by atoms with Crippen LogP contribution in [0.5, 0.6) is 0 Å². The van der Waals surface area contributed by atoms with Gasteiger partial charge in [-0.1, -0.05) is 32.1 Å². The van der Waals surface area contributed by atoms with E-state index in [1.165, 1.54) is 45.1 Å². The van der Waals surface area contributed by atoms with Gasteiger partial charge in [0.1, 0.15) is 5.69 Å². The number of rotatable bonds is 4. The number of pyridine rings is 1. The average Bonchev–Trinajstić information content (AvgIpc) is 2.46. The number of hydrogen-bond acceptors (Lipinski definition) is 2. The topological polar surface area (TPSA) is 42.0 Å². The molecule has 6 heteroatoms. The summed E-state index contributed by atoms with van der Waals surface area (Å²) in [7, 11) is 0. The van der Waals surface area contributed by atoms with Gasteiger partial charge in [-0.3, -0.25) is 4.79 Å². The second kappa shape index (κ2) is 7.32. The molecule has 0 unspecified atom stereocenters. The number of aromatic nitrogens is 1. The van der Waals surface area contributed by atoms with E-state index in [9.17, 15) is 18.0 Å². The van der Waals surface area contributed by atoms with Crippen LogP contribution in [0.3, 0.4) is 0 Å². The maximum Gasteiger partial charge on any atom is 0.433 e. The van der Waals surface area contributed by atoms with E-state index < -0.39 is 11.9 Å². The Balaban J connectivity index is 1.97. The van der Waals surface area contributed by atoms with Crippen LogP contribution in [-0.4, -0.2) is 16.9 Å². The first-order chi connectivity index (χ1) is 10.8. The third kappa shape index (κ3) is 4.94. The Morgan fingerprint density at radius 3 is 2.52 bits per heavy atom. The van der Waals surface area contributed by atoms with Crippen molar-refractivity contribution in [2.24, 2.45) is 5.92 Å². The van der Waals surface area contributed by atoms with Gasteiger partial charge in [0.15, 0.2) is 0 Å². The number of alkyl halides is 3. The molecular weight excluding hydrogens is 305 g/mol. The summed E-state index contributed by atoms with van der Waals surface area (Å²) in [6.45, 7) is 3.37. The molecule has 1 heterocycles. The van der Waals surface area contributed by atoms with E-state index >= 15 is 0 Å². The van der Waals surface area contributed by atoms with Crippen molar-refractivity contribution in [2.45, 2.75) is 64.6 Å². The van der Waals surface area contributed by atoms with Crippen LogP contribution in [-0.2, 0) is 6.18 Å². The van der Waals surface area contributed by atoms with Crippen molar-refractivity contribution >= 4 is 5.91 Å². The second-order valence-corrected chi connectivity index (χ2v) is 6.44. The molecule has 0 saturated heterocycles. The molecule has 2 rings (SSSR count). The summed E-state index contributed by atoms with van der Waals surface area (Å²) >= 11 is 0. The van der Waals surface area contributed by atoms with Gasteiger partial charge >= 0.3 is 6.18 Å². The molecule has 1 aliphatic carbocycles. The van der Waals surface area contributed by atoms with Crippen LogP contribution in [0.1, 0.15) is 67.2 Å². The van der Waals surface area contributed by atoms with Gasteiger partial charge in [-0.15, -0.1) is 0 Å². The molecule has 0 spiro atoms. The number of carbonyl (C=O) groups is 1. The fraction of sp³-hybridized carbons (Fsp3) is 0.647. The highest BCUT2D eigenvalue weighted by atomic mass is 19.4. The number of carbonyl (C=O) groups excluding carboxylic acids is 1. The van der Waals surface area contributed by atoms with Crippen molar-refractivity contribution in [2.75, 3.05) is 0 Å². The highest BCUT2D eigenvalue weighted by molar-refractivity contribution is 5.95. The molecular formula is C17H23F3N2O. The van der Waals surface area contributed by atoms with E-state index in [0.717, 1.165) is 12.5 Å². The average molecular weight is 328 g/mol. The minimum absolute atomic E-state index is 0.00675. The molecule has 0 bridgehead atoms. The number of nitrogens with zero attached hydrogens (tertiary/aromatic N) is 1. The fourth-order valence-corrected chi connectivity index (χ4v) is 3.24. The van der Waals surface area contributed by atoms with Crippen LogP contribution in [0.15, 0.2) is 12.1 Å². The van der Waals surface area contributed by atoms with E-state index in [4.69, 9.17) is 0 Å². The van der Waals surface area contributed by atoms with E-state index in [2.05, 4.69) is 10.3 Å². The van der Waals surface area contributed by atoms with Crippen molar-refractivity contribution in [3.8, 4) is 0 Å². The van der Waals surface area contributed by atoms with Gasteiger partial charge < -0.3 is 5.32 Å². The zero-order chi connectivity index (χ0) is 17.0. The SMILES string of the molecule is Cc1nc(C(F)(F)F)ccc1C(=O)N[C@H](C)CC1CCCCC1. The molecule has 1 aromatic rings. The largest absolute Gasteiger partial charge is 0.433 e. The van der Waals surface area contributed by atoms with Gasteiger partial charge in [0.2, 0.25) is 0 Å². The predicted octanol–water partition coefficient (Wildman–Crippen LogP) is 4.50. The third-order valence-corrected chi connectivity index (χ3v) is 4.41. The van der Waals surface area contributed by atoms with Crippen LogP contribution in [0.2, 0.25) is 0 Å². The van der Waals surface area contributed by atoms with E-state index in [1.807, 2.05) is 6.92 Å². The zero-order valence-corrected chi connectivity index (χ0v) is 13.5. The van der Waals surface area contributed by atoms with E-state index in [0.29, 0.717) is 5.92 Å². The summed E-state index contributed by atoms with van der Waals surface area (Å²) in [5.74, 6) is 0.276. The van der Waals surface area contributed by atoms with Gasteiger partial charge in [0.25, 0.3) is 5.91 Å². The van der Waals surface area contributed by atoms with Gasteiger partial charge in [0.05, 0.1) is 11.3 Å². The Morgan fingerprint density at radius 2 is 1.96 bits per heavy atom. The maximum atomic E-state index is 12.6. The Hall–Kier alpha value is -1.59. The lowest BCUT2D eigenvalue weighted by Crippen LogP contribution is -2.35. The first-order valence-electron chi connectivity index (χ1n) is 8.13. The van der Waals surface area contributed by atoms with Gasteiger partial charge in [-0.2, -0.15) is 13.2 Å². The quantitative estimate of drug-likeness (QED) is 0.884. The lowest BCUT2D eigenvalue weighted by atomic mass is 9.85. The molecule has 1 aromatic heterocycles. The highest BCUT2D eigenvalue weighted by Gasteiger charge is 2.33. The molecule has 1 atom stereocenters. The Morgan fingerprint density at radius 1 is 1.30 bits per heavy atom. The lowest BCUT2D eigenvalue weighted by molar-refractivity contribution is -0.141. The van der Waals surface area contributed by atoms with E-state index in [1.54, 1.807) is 0 Å². The number of aryl methyl sites for hydroxylation is 1. The molecule has 23 heavy (non-hydrogen) atoms. The zero-order valence-electron chi connectivity index (χ0n) is 13.5. The predicted molar refractivity (Wildman–Crippen MR) is 82.1 cm³/mol. The summed E-state index contributed by atoms with van der Waals surface area (Å²) in [5.41, 5.74) is -0.669. The summed E-state index contributed by atoms with van der Waals surface area (Å²) in [6.07, 6.45) is 2.59. The van der Waals surface area contributed by atoms with Crippen molar-refractivity contribution in [3.63, 3.8) is 0 Å². The monoisotopic (exact) mass is 328 g/mol. The Kier molecular flexibility index (Phi) is 5.65. The Labute approximate surface area is 134 Å². The van der Waals surface area contributed by atoms with Crippen LogP contribution < -0.4 is 5.32 Å². The summed E-state index contributed by atoms with van der Waals surface area (Å²) in [6, 6.07) is 2.06. The molecule has 1 N–H and O–H groups in total. The minimum Gasteiger partial charge on any atom is -0.350 e. The highest BCUT2D eigenvalue weighted by Crippen LogP contribution is 2.29. The molecule has 1 fully saturated rings. The van der Waals surface area contributed by atoms with Crippen LogP contribution in [0, 0.1) is 12.8 Å². The number of halogens is 3. The van der Waals surface area contributed by atoms with Crippen molar-refractivity contribution in [1.29, 1.82) is 0 Å². The van der Waals surface area contributed by atoms with Crippen molar-refractivity contribution in [3.05, 3.63) is 29.1 Å². The van der Waals surface area contributed by atoms with Gasteiger partial charge in [0, 0.05) is 6.04 Å². The normalized spacial score (nSPS) is 17.8. The van der Waals surface area contributed by atoms with Gasteiger partial charge in [-0.25, -0.2) is 4.98 Å². The number of hydrogen-bond donors (Lipinski definition) is 1. The molecule has 3 nitrogen and oxygen atoms in total. The smallest absolute Gasteiger partial charge is 0.350 e. The van der Waals surface area contributed by atoms with E-state index in [-0.39, 0.29) is 23.2 Å². The molecule has 0 aliphatic heterocycles. The van der Waals surface area contributed by atoms with Crippen molar-refractivity contribution < 1.29 is 18.0 Å². The van der Waals surface area contributed by atoms with Crippen LogP contribution in [0.25, 0.3) is 0 Å². The molecule has 1 saturated carbocycles. The van der Waals surface area contributed by atoms with Crippen molar-refractivity contribution in [1.82, 2.24) is 10.3 Å². The molecule has 0 radical (unpaired) electrons. The summed E-state index contributed by atoms with van der Waals surface area (Å²) < 4.78 is 37.8. The first-order valence-corrected chi connectivity index (χ1v) is 8.13. The summed E-state index contributed by atoms with van der Waals surface area (Å²) in [5, 5.41) is 2.88. The molecule has 0 aromatic carbocycles. The maximum absolute atomic E-state index is 12.6. The minimum atomic E-state index is -4.49. The molecule has 1 amide bonds. The summed E-state index contributed by atoms with van der Waals surface area (Å²) in [4.78, 5) is 15.7. The fourth-order valence-electron chi connectivity index (χ4n) is 3.24. The Bertz CT molecular complexity index is 551. The molecule has 128 valence electrons. The second-order valence-electron chi connectivity index (χ2n) is 6.44. The third-order valence-electron chi connectivity index (χ3n) is 4.41. The number of nitrogens with one attached hydrogen (secondary N) is 1. The van der Waals surface area contributed by atoms with Crippen LogP contribution in [0.4, 0.5) is 13.2 Å². The van der Waals surface area contributed by atoms with Crippen LogP contribution >= 0.6 is 0 Å².